The predicted octanol–water partition coefficient (Wildman–Crippen LogP) is 2.47. The van der Waals surface area contributed by atoms with E-state index in [2.05, 4.69) is 15.2 Å². The summed E-state index contributed by atoms with van der Waals surface area (Å²) in [5, 5.41) is 4.09. The molecule has 0 radical (unpaired) electrons. The quantitative estimate of drug-likeness (QED) is 0.635. The Hall–Kier alpha value is -3.32. The number of hydrogen-bond donors (Lipinski definition) is 2. The first-order chi connectivity index (χ1) is 14.0. The van der Waals surface area contributed by atoms with Crippen LogP contribution in [0.5, 0.6) is 0 Å². The van der Waals surface area contributed by atoms with Gasteiger partial charge >= 0.3 is 11.8 Å². The minimum absolute atomic E-state index is 0.192. The van der Waals surface area contributed by atoms with Gasteiger partial charge in [0.25, 0.3) is 0 Å². The van der Waals surface area contributed by atoms with Crippen LogP contribution in [0.3, 0.4) is 0 Å². The van der Waals surface area contributed by atoms with Gasteiger partial charge in [0, 0.05) is 59.5 Å². The van der Waals surface area contributed by atoms with E-state index in [1.165, 1.54) is 6.07 Å². The second kappa shape index (κ2) is 7.97. The van der Waals surface area contributed by atoms with Crippen molar-refractivity contribution < 1.29 is 9.59 Å². The number of carbonyl (C=O) groups is 2. The average Bonchev–Trinajstić information content (AvgIpc) is 2.74. The summed E-state index contributed by atoms with van der Waals surface area (Å²) < 4.78 is 0. The molecule has 0 aliphatic carbocycles. The number of benzene rings is 2. The first-order valence-electron chi connectivity index (χ1n) is 9.23. The summed E-state index contributed by atoms with van der Waals surface area (Å²) in [6.45, 7) is 2.22. The van der Waals surface area contributed by atoms with Gasteiger partial charge in [-0.15, -0.1) is 0 Å². The van der Waals surface area contributed by atoms with E-state index in [-0.39, 0.29) is 5.56 Å². The molecule has 0 bridgehead atoms. The molecule has 148 valence electrons. The molecule has 1 aliphatic rings. The molecular weight excluding hydrogens is 392 g/mol. The van der Waals surface area contributed by atoms with Crippen LogP contribution in [-0.2, 0) is 9.59 Å². The molecule has 2 aromatic carbocycles. The Bertz CT molecular complexity index is 1120. The van der Waals surface area contributed by atoms with Gasteiger partial charge < -0.3 is 20.1 Å². The number of halogens is 1. The Morgan fingerprint density at radius 2 is 1.66 bits per heavy atom. The molecule has 0 atom stereocenters. The number of nitrogens with one attached hydrogen (secondary N) is 2. The lowest BCUT2D eigenvalue weighted by molar-refractivity contribution is -0.143. The monoisotopic (exact) mass is 410 g/mol. The summed E-state index contributed by atoms with van der Waals surface area (Å²) >= 11 is 5.92. The van der Waals surface area contributed by atoms with Crippen LogP contribution >= 0.6 is 11.6 Å². The molecule has 3 aromatic rings. The number of nitrogens with zero attached hydrogens (tertiary/aromatic N) is 2. The van der Waals surface area contributed by atoms with E-state index in [0.29, 0.717) is 42.4 Å². The van der Waals surface area contributed by atoms with Crippen molar-refractivity contribution in [3.8, 4) is 0 Å². The maximum atomic E-state index is 12.5. The topological polar surface area (TPSA) is 85.5 Å². The SMILES string of the molecule is O=C(Nc1ccc2[nH]c(=O)ccc2c1)C(=O)N1CCN(c2ccc(Cl)cc2)CC1. The van der Waals surface area contributed by atoms with E-state index in [0.717, 1.165) is 11.1 Å². The second-order valence-corrected chi connectivity index (χ2v) is 7.27. The van der Waals surface area contributed by atoms with E-state index >= 15 is 0 Å². The average molecular weight is 411 g/mol. The molecule has 0 unspecified atom stereocenters. The van der Waals surface area contributed by atoms with E-state index in [1.54, 1.807) is 29.2 Å². The van der Waals surface area contributed by atoms with Gasteiger partial charge in [0.05, 0.1) is 0 Å². The summed E-state index contributed by atoms with van der Waals surface area (Å²) in [6, 6.07) is 15.7. The molecule has 0 saturated carbocycles. The number of aromatic amines is 1. The fourth-order valence-electron chi connectivity index (χ4n) is 3.38. The summed E-state index contributed by atoms with van der Waals surface area (Å²) in [7, 11) is 0. The molecule has 1 aliphatic heterocycles. The maximum Gasteiger partial charge on any atom is 0.313 e. The zero-order chi connectivity index (χ0) is 20.4. The highest BCUT2D eigenvalue weighted by Gasteiger charge is 2.26. The number of pyridine rings is 1. The Labute approximate surface area is 171 Å². The van der Waals surface area contributed by atoms with Crippen molar-refractivity contribution in [2.75, 3.05) is 36.4 Å². The first kappa shape index (κ1) is 19.0. The Kier molecular flexibility index (Phi) is 5.22. The minimum Gasteiger partial charge on any atom is -0.368 e. The van der Waals surface area contributed by atoms with Crippen LogP contribution in [0.15, 0.2) is 59.4 Å². The number of anilines is 2. The summed E-state index contributed by atoms with van der Waals surface area (Å²) in [6.07, 6.45) is 0. The van der Waals surface area contributed by atoms with Crippen molar-refractivity contribution in [3.05, 3.63) is 70.0 Å². The third-order valence-electron chi connectivity index (χ3n) is 4.93. The number of aromatic nitrogens is 1. The number of hydrogen-bond acceptors (Lipinski definition) is 4. The highest BCUT2D eigenvalue weighted by Crippen LogP contribution is 2.20. The van der Waals surface area contributed by atoms with Crippen molar-refractivity contribution in [3.63, 3.8) is 0 Å². The molecule has 7 nitrogen and oxygen atoms in total. The number of amides is 2. The molecule has 4 rings (SSSR count). The van der Waals surface area contributed by atoms with Crippen LogP contribution < -0.4 is 15.8 Å². The molecule has 1 aromatic heterocycles. The summed E-state index contributed by atoms with van der Waals surface area (Å²) in [5.74, 6) is -1.23. The fourth-order valence-corrected chi connectivity index (χ4v) is 3.51. The highest BCUT2D eigenvalue weighted by molar-refractivity contribution is 6.39. The second-order valence-electron chi connectivity index (χ2n) is 6.83. The van der Waals surface area contributed by atoms with E-state index < -0.39 is 11.8 Å². The first-order valence-corrected chi connectivity index (χ1v) is 9.61. The highest BCUT2D eigenvalue weighted by atomic mass is 35.5. The lowest BCUT2D eigenvalue weighted by atomic mass is 10.2. The number of fused-ring (bicyclic) bond motifs is 1. The smallest absolute Gasteiger partial charge is 0.313 e. The lowest BCUT2D eigenvalue weighted by Crippen LogP contribution is -2.51. The van der Waals surface area contributed by atoms with Crippen LogP contribution in [-0.4, -0.2) is 47.9 Å². The molecule has 2 N–H and O–H groups in total. The van der Waals surface area contributed by atoms with Crippen molar-refractivity contribution in [2.45, 2.75) is 0 Å². The van der Waals surface area contributed by atoms with Crippen LogP contribution in [0.25, 0.3) is 10.9 Å². The van der Waals surface area contributed by atoms with Crippen molar-refractivity contribution in [2.24, 2.45) is 0 Å². The molecule has 8 heteroatoms. The van der Waals surface area contributed by atoms with Gasteiger partial charge in [-0.05, 0) is 48.5 Å². The zero-order valence-electron chi connectivity index (χ0n) is 15.5. The van der Waals surface area contributed by atoms with Crippen molar-refractivity contribution >= 4 is 45.7 Å². The van der Waals surface area contributed by atoms with E-state index in [9.17, 15) is 14.4 Å². The molecule has 0 spiro atoms. The third kappa shape index (κ3) is 4.25. The lowest BCUT2D eigenvalue weighted by Gasteiger charge is -2.35. The number of carbonyl (C=O) groups excluding carboxylic acids is 2. The summed E-state index contributed by atoms with van der Waals surface area (Å²) in [4.78, 5) is 42.7. The normalized spacial score (nSPS) is 14.1. The predicted molar refractivity (Wildman–Crippen MR) is 113 cm³/mol. The zero-order valence-corrected chi connectivity index (χ0v) is 16.3. The van der Waals surface area contributed by atoms with Gasteiger partial charge in [0.15, 0.2) is 0 Å². The summed E-state index contributed by atoms with van der Waals surface area (Å²) in [5.41, 5.74) is 2.02. The van der Waals surface area contributed by atoms with Gasteiger partial charge in [-0.2, -0.15) is 0 Å². The van der Waals surface area contributed by atoms with Gasteiger partial charge in [-0.1, -0.05) is 11.6 Å². The molecule has 29 heavy (non-hydrogen) atoms. The van der Waals surface area contributed by atoms with Gasteiger partial charge in [0.2, 0.25) is 5.56 Å². The van der Waals surface area contributed by atoms with Crippen LogP contribution in [0.1, 0.15) is 0 Å². The molecule has 2 heterocycles. The Morgan fingerprint density at radius 1 is 0.931 bits per heavy atom. The van der Waals surface area contributed by atoms with Crippen LogP contribution in [0.4, 0.5) is 11.4 Å². The number of piperazine rings is 1. The Balaban J connectivity index is 1.37. The standard InChI is InChI=1S/C21H19ClN4O3/c22-15-2-5-17(6-3-15)25-9-11-26(12-10-25)21(29)20(28)23-16-4-7-18-14(13-16)1-8-19(27)24-18/h1-8,13H,9-12H2,(H,23,28)(H,24,27). The molecular formula is C21H19ClN4O3. The van der Waals surface area contributed by atoms with Gasteiger partial charge in [-0.25, -0.2) is 0 Å². The van der Waals surface area contributed by atoms with Crippen molar-refractivity contribution in [1.29, 1.82) is 0 Å². The maximum absolute atomic E-state index is 12.5. The number of rotatable bonds is 2. The minimum atomic E-state index is -0.672. The van der Waals surface area contributed by atoms with Crippen molar-refractivity contribution in [1.82, 2.24) is 9.88 Å². The molecule has 2 amide bonds. The number of H-pyrrole nitrogens is 1. The fraction of sp³-hybridized carbons (Fsp3) is 0.190. The molecule has 1 fully saturated rings. The van der Waals surface area contributed by atoms with Crippen LogP contribution in [0.2, 0.25) is 5.02 Å². The van der Waals surface area contributed by atoms with E-state index in [1.807, 2.05) is 24.3 Å². The Morgan fingerprint density at radius 3 is 2.38 bits per heavy atom. The third-order valence-corrected chi connectivity index (χ3v) is 5.19. The molecule has 1 saturated heterocycles. The van der Waals surface area contributed by atoms with Gasteiger partial charge in [0.1, 0.15) is 0 Å². The largest absolute Gasteiger partial charge is 0.368 e. The van der Waals surface area contributed by atoms with Gasteiger partial charge in [-0.3, -0.25) is 14.4 Å². The van der Waals surface area contributed by atoms with Crippen LogP contribution in [0, 0.1) is 0 Å². The van der Waals surface area contributed by atoms with E-state index in [4.69, 9.17) is 11.6 Å².